The molecule has 0 radical (unpaired) electrons. The van der Waals surface area contributed by atoms with Gasteiger partial charge in [-0.15, -0.1) is 0 Å². The summed E-state index contributed by atoms with van der Waals surface area (Å²) in [5.74, 6) is -0.00530. The molecule has 2 aromatic carbocycles. The number of nitrogens with zero attached hydrogens (tertiary/aromatic N) is 2. The molecule has 4 aliphatic rings. The molecule has 1 unspecified atom stereocenters. The first-order valence-corrected chi connectivity index (χ1v) is 12.5. The van der Waals surface area contributed by atoms with Gasteiger partial charge in [0, 0.05) is 35.1 Å². The molecular formula is C27H27F2N3O5. The van der Waals surface area contributed by atoms with E-state index in [1.165, 1.54) is 0 Å². The van der Waals surface area contributed by atoms with Crippen LogP contribution in [0.5, 0.6) is 11.5 Å². The summed E-state index contributed by atoms with van der Waals surface area (Å²) in [5, 5.41) is 2.34. The number of rotatable bonds is 5. The van der Waals surface area contributed by atoms with Crippen molar-refractivity contribution in [3.8, 4) is 11.5 Å². The molecule has 194 valence electrons. The maximum atomic E-state index is 13.1. The molecule has 0 saturated carbocycles. The topological polar surface area (TPSA) is 88.2 Å². The third-order valence-corrected chi connectivity index (χ3v) is 8.10. The Hall–Kier alpha value is -3.53. The molecule has 6 rings (SSSR count). The highest BCUT2D eigenvalue weighted by Crippen LogP contribution is 2.49. The number of nitrogens with one attached hydrogen (secondary N) is 1. The molecule has 3 amide bonds. The minimum atomic E-state index is -2.83. The van der Waals surface area contributed by atoms with E-state index in [0.717, 1.165) is 54.9 Å². The summed E-state index contributed by atoms with van der Waals surface area (Å²) in [6, 6.07) is 9.96. The maximum Gasteiger partial charge on any atom is 0.387 e. The lowest BCUT2D eigenvalue weighted by Crippen LogP contribution is -2.52. The first-order valence-electron chi connectivity index (χ1n) is 12.5. The van der Waals surface area contributed by atoms with Gasteiger partial charge < -0.3 is 14.4 Å². The summed E-state index contributed by atoms with van der Waals surface area (Å²) in [5.41, 5.74) is 3.43. The number of amides is 3. The average molecular weight is 512 g/mol. The van der Waals surface area contributed by atoms with Crippen molar-refractivity contribution in [2.75, 3.05) is 19.7 Å². The molecule has 2 saturated heterocycles. The van der Waals surface area contributed by atoms with Crippen molar-refractivity contribution >= 4 is 17.7 Å². The second kappa shape index (κ2) is 9.09. The van der Waals surface area contributed by atoms with Crippen molar-refractivity contribution in [2.24, 2.45) is 0 Å². The van der Waals surface area contributed by atoms with E-state index in [9.17, 15) is 23.2 Å². The van der Waals surface area contributed by atoms with Crippen molar-refractivity contribution in [2.45, 2.75) is 56.8 Å². The van der Waals surface area contributed by atoms with E-state index < -0.39 is 18.6 Å². The number of ether oxygens (including phenoxy) is 2. The van der Waals surface area contributed by atoms with Gasteiger partial charge in [-0.3, -0.25) is 24.6 Å². The van der Waals surface area contributed by atoms with Crippen LogP contribution in [0.15, 0.2) is 36.4 Å². The molecule has 8 nitrogen and oxygen atoms in total. The van der Waals surface area contributed by atoms with Gasteiger partial charge in [-0.2, -0.15) is 8.78 Å². The number of carbonyl (C=O) groups is 3. The fourth-order valence-electron chi connectivity index (χ4n) is 6.07. The number of imide groups is 1. The molecule has 2 aromatic rings. The van der Waals surface area contributed by atoms with E-state index in [2.05, 4.69) is 15.0 Å². The van der Waals surface area contributed by atoms with Crippen LogP contribution in [-0.4, -0.2) is 59.9 Å². The normalized spacial score (nSPS) is 22.7. The molecular weight excluding hydrogens is 484 g/mol. The fraction of sp³-hybridized carbons (Fsp3) is 0.444. The Labute approximate surface area is 212 Å². The van der Waals surface area contributed by atoms with Crippen molar-refractivity contribution in [1.82, 2.24) is 15.1 Å². The molecule has 0 bridgehead atoms. The van der Waals surface area contributed by atoms with Crippen LogP contribution in [0.3, 0.4) is 0 Å². The third kappa shape index (κ3) is 4.22. The number of fused-ring (bicyclic) bond motifs is 4. The minimum Gasteiger partial charge on any atom is -0.492 e. The molecule has 4 aliphatic heterocycles. The second-order valence-corrected chi connectivity index (χ2v) is 10.2. The van der Waals surface area contributed by atoms with Crippen LogP contribution in [0, 0.1) is 0 Å². The van der Waals surface area contributed by atoms with E-state index >= 15 is 0 Å². The molecule has 1 atom stereocenters. The number of hydrogen-bond acceptors (Lipinski definition) is 6. The Balaban J connectivity index is 1.14. The minimum absolute atomic E-state index is 0.124. The van der Waals surface area contributed by atoms with Crippen molar-refractivity contribution in [3.63, 3.8) is 0 Å². The molecule has 37 heavy (non-hydrogen) atoms. The summed E-state index contributed by atoms with van der Waals surface area (Å²) in [7, 11) is 0. The van der Waals surface area contributed by atoms with Crippen LogP contribution in [0.4, 0.5) is 8.78 Å². The number of likely N-dealkylation sites (tertiary alicyclic amines) is 1. The fourth-order valence-corrected chi connectivity index (χ4v) is 6.07. The number of hydrogen-bond donors (Lipinski definition) is 1. The Bertz CT molecular complexity index is 1260. The van der Waals surface area contributed by atoms with Crippen molar-refractivity contribution < 1.29 is 32.6 Å². The Kier molecular flexibility index (Phi) is 5.86. The van der Waals surface area contributed by atoms with E-state index in [1.54, 1.807) is 17.0 Å². The predicted octanol–water partition coefficient (Wildman–Crippen LogP) is 2.98. The van der Waals surface area contributed by atoms with Gasteiger partial charge in [0.15, 0.2) is 0 Å². The smallest absolute Gasteiger partial charge is 0.387 e. The van der Waals surface area contributed by atoms with Gasteiger partial charge in [-0.05, 0) is 56.1 Å². The zero-order chi connectivity index (χ0) is 25.7. The molecule has 2 fully saturated rings. The molecule has 10 heteroatoms. The first-order chi connectivity index (χ1) is 17.8. The van der Waals surface area contributed by atoms with Crippen LogP contribution < -0.4 is 14.8 Å². The summed E-state index contributed by atoms with van der Waals surface area (Å²) in [6.07, 6.45) is 2.35. The summed E-state index contributed by atoms with van der Waals surface area (Å²) >= 11 is 0. The Morgan fingerprint density at radius 1 is 1.08 bits per heavy atom. The lowest BCUT2D eigenvalue weighted by Gasteiger charge is -2.38. The number of carbonyl (C=O) groups excluding carboxylic acids is 3. The van der Waals surface area contributed by atoms with Gasteiger partial charge in [0.05, 0.1) is 13.2 Å². The molecule has 4 heterocycles. The van der Waals surface area contributed by atoms with Crippen LogP contribution in [0.1, 0.15) is 52.7 Å². The first kappa shape index (κ1) is 23.8. The second-order valence-electron chi connectivity index (χ2n) is 10.2. The van der Waals surface area contributed by atoms with Crippen LogP contribution in [0.2, 0.25) is 0 Å². The lowest BCUT2D eigenvalue weighted by atomic mass is 9.74. The van der Waals surface area contributed by atoms with Crippen LogP contribution in [0.25, 0.3) is 0 Å². The zero-order valence-corrected chi connectivity index (χ0v) is 20.2. The van der Waals surface area contributed by atoms with Gasteiger partial charge in [-0.25, -0.2) is 0 Å². The highest BCUT2D eigenvalue weighted by molar-refractivity contribution is 6.05. The van der Waals surface area contributed by atoms with Crippen LogP contribution in [-0.2, 0) is 28.1 Å². The highest BCUT2D eigenvalue weighted by atomic mass is 19.3. The van der Waals surface area contributed by atoms with Gasteiger partial charge in [0.1, 0.15) is 17.5 Å². The summed E-state index contributed by atoms with van der Waals surface area (Å²) < 4.78 is 35.4. The van der Waals surface area contributed by atoms with Crippen molar-refractivity contribution in [3.05, 3.63) is 58.7 Å². The van der Waals surface area contributed by atoms with E-state index in [4.69, 9.17) is 4.74 Å². The molecule has 1 spiro atoms. The van der Waals surface area contributed by atoms with Crippen LogP contribution >= 0.6 is 0 Å². The maximum absolute atomic E-state index is 13.1. The molecule has 0 aliphatic carbocycles. The van der Waals surface area contributed by atoms with Gasteiger partial charge in [-0.1, -0.05) is 18.2 Å². The Morgan fingerprint density at radius 3 is 2.54 bits per heavy atom. The van der Waals surface area contributed by atoms with E-state index in [-0.39, 0.29) is 29.4 Å². The number of alkyl halides is 2. The SMILES string of the molecule is O=C1CCC(N2Cc3c(ccc4c3OCC43CCN(Cc4ccc(OC(F)F)cc4)CC3)C2=O)C(=O)N1. The van der Waals surface area contributed by atoms with Gasteiger partial charge in [0.2, 0.25) is 11.8 Å². The third-order valence-electron chi connectivity index (χ3n) is 8.10. The highest BCUT2D eigenvalue weighted by Gasteiger charge is 2.47. The lowest BCUT2D eigenvalue weighted by molar-refractivity contribution is -0.136. The summed E-state index contributed by atoms with van der Waals surface area (Å²) in [6.45, 7) is 0.460. The quantitative estimate of drug-likeness (QED) is 0.622. The predicted molar refractivity (Wildman–Crippen MR) is 127 cm³/mol. The van der Waals surface area contributed by atoms with E-state index in [1.807, 2.05) is 24.3 Å². The number of benzene rings is 2. The summed E-state index contributed by atoms with van der Waals surface area (Å²) in [4.78, 5) is 41.0. The monoisotopic (exact) mass is 511 g/mol. The largest absolute Gasteiger partial charge is 0.492 e. The average Bonchev–Trinajstić information content (AvgIpc) is 3.40. The van der Waals surface area contributed by atoms with E-state index in [0.29, 0.717) is 25.1 Å². The van der Waals surface area contributed by atoms with Crippen molar-refractivity contribution in [1.29, 1.82) is 0 Å². The zero-order valence-electron chi connectivity index (χ0n) is 20.2. The molecule has 1 N–H and O–H groups in total. The number of piperidine rings is 2. The Morgan fingerprint density at radius 2 is 1.84 bits per heavy atom. The standard InChI is InChI=1S/C27H27F2N3O5/c28-26(29)37-17-3-1-16(2-4-17)13-31-11-9-27(10-12-31)15-36-23-19-14-32(21-7-8-22(33)30-24(21)34)25(35)18(19)5-6-20(23)27/h1-6,21,26H,7-15H2,(H,30,33,34). The number of halogens is 2. The molecule has 0 aromatic heterocycles. The van der Waals surface area contributed by atoms with Gasteiger partial charge >= 0.3 is 6.61 Å². The van der Waals surface area contributed by atoms with Gasteiger partial charge in [0.25, 0.3) is 5.91 Å².